The van der Waals surface area contributed by atoms with Gasteiger partial charge >= 0.3 is 11.9 Å². The molecule has 0 saturated heterocycles. The maximum atomic E-state index is 13.0. The van der Waals surface area contributed by atoms with Gasteiger partial charge in [-0.25, -0.2) is 9.59 Å². The van der Waals surface area contributed by atoms with E-state index in [1.807, 2.05) is 6.92 Å². The summed E-state index contributed by atoms with van der Waals surface area (Å²) in [4.78, 5) is 35.7. The average molecular weight is 468 g/mol. The first-order valence-corrected chi connectivity index (χ1v) is 10.3. The lowest BCUT2D eigenvalue weighted by molar-refractivity contribution is 0.0651. The highest BCUT2D eigenvalue weighted by molar-refractivity contribution is 6.32. The van der Waals surface area contributed by atoms with Crippen LogP contribution in [0.3, 0.4) is 0 Å². The SMILES string of the molecule is CC1Cc2c(Cl)ccc(C(=O)Nc3ccccc3Oc3ccc(C(=O)O)c(C(=O)O)c3)c2O1. The third kappa shape index (κ3) is 4.47. The Morgan fingerprint density at radius 1 is 1.00 bits per heavy atom. The number of halogens is 1. The van der Waals surface area contributed by atoms with Crippen molar-refractivity contribution in [2.75, 3.05) is 5.32 Å². The van der Waals surface area contributed by atoms with Crippen LogP contribution in [0.5, 0.6) is 17.2 Å². The molecule has 1 aliphatic rings. The monoisotopic (exact) mass is 467 g/mol. The maximum absolute atomic E-state index is 13.0. The van der Waals surface area contributed by atoms with Gasteiger partial charge < -0.3 is 25.0 Å². The summed E-state index contributed by atoms with van der Waals surface area (Å²) in [6.07, 6.45) is 0.507. The summed E-state index contributed by atoms with van der Waals surface area (Å²) in [5.74, 6) is -2.40. The van der Waals surface area contributed by atoms with Gasteiger partial charge in [0.25, 0.3) is 5.91 Å². The van der Waals surface area contributed by atoms with Gasteiger partial charge in [-0.15, -0.1) is 0 Å². The highest BCUT2D eigenvalue weighted by Gasteiger charge is 2.28. The topological polar surface area (TPSA) is 122 Å². The van der Waals surface area contributed by atoms with Crippen LogP contribution in [-0.4, -0.2) is 34.2 Å². The average Bonchev–Trinajstić information content (AvgIpc) is 3.17. The molecule has 1 unspecified atom stereocenters. The summed E-state index contributed by atoms with van der Waals surface area (Å²) >= 11 is 6.24. The van der Waals surface area contributed by atoms with Crippen LogP contribution >= 0.6 is 11.6 Å². The van der Waals surface area contributed by atoms with E-state index in [9.17, 15) is 24.6 Å². The fraction of sp³-hybridized carbons (Fsp3) is 0.125. The Balaban J connectivity index is 1.62. The Morgan fingerprint density at radius 2 is 1.70 bits per heavy atom. The standard InChI is InChI=1S/C24H18ClNO7/c1-12-10-17-18(25)9-8-15(21(17)32-12)22(27)26-19-4-2-3-5-20(19)33-13-6-7-14(23(28)29)16(11-13)24(30)31/h2-9,11-12H,10H2,1H3,(H,26,27)(H,28,29)(H,30,31). The number of carboxylic acid groups (broad SMARTS) is 2. The number of carbonyl (C=O) groups excluding carboxylic acids is 1. The second-order valence-corrected chi connectivity index (χ2v) is 7.81. The van der Waals surface area contributed by atoms with Gasteiger partial charge in [-0.2, -0.15) is 0 Å². The van der Waals surface area contributed by atoms with Crippen molar-refractivity contribution in [3.8, 4) is 17.2 Å². The fourth-order valence-electron chi connectivity index (χ4n) is 3.56. The molecule has 0 bridgehead atoms. The van der Waals surface area contributed by atoms with Crippen LogP contribution < -0.4 is 14.8 Å². The van der Waals surface area contributed by atoms with Gasteiger partial charge in [-0.05, 0) is 49.4 Å². The molecule has 3 N–H and O–H groups in total. The van der Waals surface area contributed by atoms with Crippen molar-refractivity contribution in [2.24, 2.45) is 0 Å². The molecule has 0 spiro atoms. The lowest BCUT2D eigenvalue weighted by Crippen LogP contribution is -2.14. The van der Waals surface area contributed by atoms with Crippen LogP contribution in [0.15, 0.2) is 54.6 Å². The molecule has 0 aliphatic carbocycles. The molecule has 4 rings (SSSR count). The smallest absolute Gasteiger partial charge is 0.336 e. The van der Waals surface area contributed by atoms with Crippen LogP contribution in [0, 0.1) is 0 Å². The number of rotatable bonds is 6. The fourth-order valence-corrected chi connectivity index (χ4v) is 3.79. The number of fused-ring (bicyclic) bond motifs is 1. The van der Waals surface area contributed by atoms with E-state index in [-0.39, 0.29) is 23.2 Å². The lowest BCUT2D eigenvalue weighted by Gasteiger charge is -2.14. The molecule has 1 amide bonds. The zero-order chi connectivity index (χ0) is 23.7. The second kappa shape index (κ2) is 8.84. The quantitative estimate of drug-likeness (QED) is 0.460. The van der Waals surface area contributed by atoms with E-state index in [0.717, 1.165) is 17.7 Å². The number of ether oxygens (including phenoxy) is 2. The van der Waals surface area contributed by atoms with Crippen LogP contribution in [0.25, 0.3) is 0 Å². The van der Waals surface area contributed by atoms with Crippen LogP contribution in [0.2, 0.25) is 5.02 Å². The van der Waals surface area contributed by atoms with E-state index in [0.29, 0.717) is 28.4 Å². The summed E-state index contributed by atoms with van der Waals surface area (Å²) in [5, 5.41) is 21.8. The number of para-hydroxylation sites is 2. The van der Waals surface area contributed by atoms with E-state index >= 15 is 0 Å². The molecular formula is C24H18ClNO7. The number of aromatic carboxylic acids is 2. The summed E-state index contributed by atoms with van der Waals surface area (Å²) in [7, 11) is 0. The molecule has 0 radical (unpaired) electrons. The van der Waals surface area contributed by atoms with Crippen molar-refractivity contribution in [3.05, 3.63) is 81.9 Å². The Bertz CT molecular complexity index is 1290. The van der Waals surface area contributed by atoms with Gasteiger partial charge in [0.1, 0.15) is 17.6 Å². The van der Waals surface area contributed by atoms with E-state index < -0.39 is 23.4 Å². The maximum Gasteiger partial charge on any atom is 0.336 e. The molecule has 0 fully saturated rings. The molecule has 1 atom stereocenters. The van der Waals surface area contributed by atoms with Gasteiger partial charge in [-0.1, -0.05) is 23.7 Å². The Morgan fingerprint density at radius 3 is 2.42 bits per heavy atom. The molecule has 3 aromatic carbocycles. The number of benzene rings is 3. The number of carbonyl (C=O) groups is 3. The summed E-state index contributed by atoms with van der Waals surface area (Å²) in [6.45, 7) is 1.89. The largest absolute Gasteiger partial charge is 0.489 e. The first-order valence-electron chi connectivity index (χ1n) is 9.91. The number of nitrogens with one attached hydrogen (secondary N) is 1. The normalized spacial score (nSPS) is 14.2. The zero-order valence-electron chi connectivity index (χ0n) is 17.3. The van der Waals surface area contributed by atoms with Crippen molar-refractivity contribution in [3.63, 3.8) is 0 Å². The number of hydrogen-bond donors (Lipinski definition) is 3. The summed E-state index contributed by atoms with van der Waals surface area (Å²) < 4.78 is 11.6. The minimum absolute atomic E-state index is 0.0979. The molecule has 168 valence electrons. The molecule has 0 aromatic heterocycles. The molecule has 0 saturated carbocycles. The number of amides is 1. The van der Waals surface area contributed by atoms with Crippen molar-refractivity contribution in [1.82, 2.24) is 0 Å². The second-order valence-electron chi connectivity index (χ2n) is 7.41. The van der Waals surface area contributed by atoms with Gasteiger partial charge in [0.05, 0.1) is 22.4 Å². The van der Waals surface area contributed by atoms with E-state index in [4.69, 9.17) is 21.1 Å². The van der Waals surface area contributed by atoms with E-state index in [1.165, 1.54) is 6.07 Å². The van der Waals surface area contributed by atoms with E-state index in [2.05, 4.69) is 5.32 Å². The van der Waals surface area contributed by atoms with Crippen LogP contribution in [0.4, 0.5) is 5.69 Å². The van der Waals surface area contributed by atoms with Gasteiger partial charge in [0.15, 0.2) is 5.75 Å². The minimum atomic E-state index is -1.40. The third-order valence-corrected chi connectivity index (χ3v) is 5.43. The first-order chi connectivity index (χ1) is 15.7. The molecule has 1 heterocycles. The highest BCUT2D eigenvalue weighted by atomic mass is 35.5. The van der Waals surface area contributed by atoms with Gasteiger partial charge in [-0.3, -0.25) is 4.79 Å². The van der Waals surface area contributed by atoms with Gasteiger partial charge in [0, 0.05) is 17.0 Å². The van der Waals surface area contributed by atoms with Crippen LogP contribution in [-0.2, 0) is 6.42 Å². The van der Waals surface area contributed by atoms with E-state index in [1.54, 1.807) is 36.4 Å². The number of anilines is 1. The third-order valence-electron chi connectivity index (χ3n) is 5.07. The highest BCUT2D eigenvalue weighted by Crippen LogP contribution is 2.38. The Hall–Kier alpha value is -4.04. The minimum Gasteiger partial charge on any atom is -0.489 e. The lowest BCUT2D eigenvalue weighted by atomic mass is 10.1. The van der Waals surface area contributed by atoms with Crippen molar-refractivity contribution >= 4 is 35.1 Å². The van der Waals surface area contributed by atoms with Crippen molar-refractivity contribution in [2.45, 2.75) is 19.4 Å². The molecule has 33 heavy (non-hydrogen) atoms. The summed E-state index contributed by atoms with van der Waals surface area (Å²) in [5.41, 5.74) is 0.664. The Kier molecular flexibility index (Phi) is 5.93. The molecule has 1 aliphatic heterocycles. The van der Waals surface area contributed by atoms with Crippen molar-refractivity contribution < 1.29 is 34.1 Å². The van der Waals surface area contributed by atoms with Crippen LogP contribution in [0.1, 0.15) is 43.6 Å². The zero-order valence-corrected chi connectivity index (χ0v) is 18.1. The predicted octanol–water partition coefficient (Wildman–Crippen LogP) is 5.10. The molecule has 9 heteroatoms. The molecule has 3 aromatic rings. The molecule has 8 nitrogen and oxygen atoms in total. The Labute approximate surface area is 193 Å². The van der Waals surface area contributed by atoms with Crippen molar-refractivity contribution in [1.29, 1.82) is 0 Å². The van der Waals surface area contributed by atoms with Gasteiger partial charge in [0.2, 0.25) is 0 Å². The first kappa shape index (κ1) is 22.2. The predicted molar refractivity (Wildman–Crippen MR) is 120 cm³/mol. The number of hydrogen-bond acceptors (Lipinski definition) is 5. The number of carboxylic acids is 2. The molecular weight excluding hydrogens is 450 g/mol. The summed E-state index contributed by atoms with van der Waals surface area (Å²) in [6, 6.07) is 13.4.